The van der Waals surface area contributed by atoms with Crippen molar-refractivity contribution in [3.05, 3.63) is 17.2 Å². The maximum Gasteiger partial charge on any atom is 0.219 e. The second-order valence-corrected chi connectivity index (χ2v) is 4.31. The average molecular weight is 273 g/mol. The van der Waals surface area contributed by atoms with E-state index in [9.17, 15) is 4.79 Å². The molecule has 1 unspecified atom stereocenters. The molecule has 1 amide bonds. The molecule has 5 nitrogen and oxygen atoms in total. The molecule has 0 aromatic heterocycles. The van der Waals surface area contributed by atoms with Gasteiger partial charge < -0.3 is 20.5 Å². The zero-order chi connectivity index (χ0) is 13.7. The van der Waals surface area contributed by atoms with E-state index < -0.39 is 0 Å². The van der Waals surface area contributed by atoms with Crippen LogP contribution >= 0.6 is 11.6 Å². The number of ether oxygens (including phenoxy) is 2. The van der Waals surface area contributed by atoms with E-state index in [0.717, 1.165) is 0 Å². The van der Waals surface area contributed by atoms with Crippen molar-refractivity contribution in [3.63, 3.8) is 0 Å². The summed E-state index contributed by atoms with van der Waals surface area (Å²) in [6.45, 7) is 1.85. The first-order valence-corrected chi connectivity index (χ1v) is 5.82. The van der Waals surface area contributed by atoms with Gasteiger partial charge in [0.15, 0.2) is 0 Å². The highest BCUT2D eigenvalue weighted by Gasteiger charge is 2.13. The summed E-state index contributed by atoms with van der Waals surface area (Å²) in [6.07, 6.45) is 0.230. The largest absolute Gasteiger partial charge is 0.495 e. The molecule has 0 saturated heterocycles. The van der Waals surface area contributed by atoms with Crippen LogP contribution in [0.1, 0.15) is 13.3 Å². The lowest BCUT2D eigenvalue weighted by molar-refractivity contribution is -0.118. The van der Waals surface area contributed by atoms with E-state index in [1.54, 1.807) is 19.2 Å². The zero-order valence-electron chi connectivity index (χ0n) is 10.6. The first-order valence-electron chi connectivity index (χ1n) is 5.44. The number of hydrogen-bond donors (Lipinski definition) is 2. The van der Waals surface area contributed by atoms with E-state index in [1.807, 2.05) is 6.92 Å². The number of rotatable bonds is 6. The van der Waals surface area contributed by atoms with Gasteiger partial charge in [0.05, 0.1) is 24.9 Å². The Morgan fingerprint density at radius 1 is 1.39 bits per heavy atom. The average Bonchev–Trinajstić information content (AvgIpc) is 2.29. The van der Waals surface area contributed by atoms with Crippen LogP contribution in [0.2, 0.25) is 5.02 Å². The predicted octanol–water partition coefficient (Wildman–Crippen LogP) is 2.03. The quantitative estimate of drug-likeness (QED) is 0.831. The minimum Gasteiger partial charge on any atom is -0.495 e. The Kier molecular flexibility index (Phi) is 5.09. The Morgan fingerprint density at radius 2 is 2.00 bits per heavy atom. The van der Waals surface area contributed by atoms with Gasteiger partial charge in [-0.25, -0.2) is 0 Å². The third kappa shape index (κ3) is 3.70. The molecule has 0 fully saturated rings. The van der Waals surface area contributed by atoms with E-state index >= 15 is 0 Å². The number of halogens is 1. The number of anilines is 1. The smallest absolute Gasteiger partial charge is 0.219 e. The number of hydrogen-bond acceptors (Lipinski definition) is 4. The van der Waals surface area contributed by atoms with Gasteiger partial charge in [0.2, 0.25) is 5.91 Å². The molecular formula is C12H17ClN2O3. The van der Waals surface area contributed by atoms with Crippen LogP contribution in [0.5, 0.6) is 11.5 Å². The summed E-state index contributed by atoms with van der Waals surface area (Å²) in [6, 6.07) is 3.26. The number of primary amides is 1. The fourth-order valence-corrected chi connectivity index (χ4v) is 1.82. The topological polar surface area (TPSA) is 73.6 Å². The van der Waals surface area contributed by atoms with Crippen LogP contribution in [-0.2, 0) is 4.79 Å². The van der Waals surface area contributed by atoms with Crippen molar-refractivity contribution in [1.29, 1.82) is 0 Å². The lowest BCUT2D eigenvalue weighted by Gasteiger charge is -2.17. The third-order valence-electron chi connectivity index (χ3n) is 2.38. The zero-order valence-corrected chi connectivity index (χ0v) is 11.4. The molecule has 0 saturated carbocycles. The molecule has 1 atom stereocenters. The molecule has 0 aliphatic carbocycles. The number of nitrogens with two attached hydrogens (primary N) is 1. The summed E-state index contributed by atoms with van der Waals surface area (Å²) in [5, 5.41) is 3.59. The van der Waals surface area contributed by atoms with Crippen molar-refractivity contribution in [2.75, 3.05) is 19.5 Å². The van der Waals surface area contributed by atoms with Crippen molar-refractivity contribution in [3.8, 4) is 11.5 Å². The van der Waals surface area contributed by atoms with Gasteiger partial charge >= 0.3 is 0 Å². The van der Waals surface area contributed by atoms with E-state index in [1.165, 1.54) is 7.11 Å². The maximum atomic E-state index is 10.8. The standard InChI is InChI=1S/C12H17ClN2O3/c1-7(4-12(14)16)15-9-6-10(17-2)8(13)5-11(9)18-3/h5-7,15H,4H2,1-3H3,(H2,14,16). The Balaban J connectivity index is 2.95. The van der Waals surface area contributed by atoms with Gasteiger partial charge in [0.25, 0.3) is 0 Å². The first-order chi connectivity index (χ1) is 8.47. The molecule has 0 heterocycles. The molecule has 0 aliphatic rings. The van der Waals surface area contributed by atoms with Gasteiger partial charge in [-0.1, -0.05) is 11.6 Å². The third-order valence-corrected chi connectivity index (χ3v) is 2.68. The molecule has 6 heteroatoms. The normalized spacial score (nSPS) is 11.8. The SMILES string of the molecule is COc1cc(NC(C)CC(N)=O)c(OC)cc1Cl. The summed E-state index contributed by atoms with van der Waals surface area (Å²) >= 11 is 5.99. The number of methoxy groups -OCH3 is 2. The lowest BCUT2D eigenvalue weighted by atomic mass is 10.2. The number of benzene rings is 1. The second-order valence-electron chi connectivity index (χ2n) is 3.90. The summed E-state index contributed by atoms with van der Waals surface area (Å²) in [5.41, 5.74) is 5.84. The number of carbonyl (C=O) groups is 1. The van der Waals surface area contributed by atoms with E-state index in [-0.39, 0.29) is 18.4 Å². The first kappa shape index (κ1) is 14.4. The highest BCUT2D eigenvalue weighted by atomic mass is 35.5. The van der Waals surface area contributed by atoms with E-state index in [4.69, 9.17) is 26.8 Å². The fourth-order valence-electron chi connectivity index (χ4n) is 1.59. The molecule has 0 radical (unpaired) electrons. The monoisotopic (exact) mass is 272 g/mol. The summed E-state index contributed by atoms with van der Waals surface area (Å²) in [4.78, 5) is 10.8. The minimum absolute atomic E-state index is 0.109. The van der Waals surface area contributed by atoms with Gasteiger partial charge in [-0.2, -0.15) is 0 Å². The number of carbonyl (C=O) groups excluding carboxylic acids is 1. The minimum atomic E-state index is -0.366. The summed E-state index contributed by atoms with van der Waals surface area (Å²) in [7, 11) is 3.08. The van der Waals surface area contributed by atoms with E-state index in [2.05, 4.69) is 5.32 Å². The van der Waals surface area contributed by atoms with Crippen LogP contribution in [0.15, 0.2) is 12.1 Å². The van der Waals surface area contributed by atoms with Crippen LogP contribution in [-0.4, -0.2) is 26.2 Å². The van der Waals surface area contributed by atoms with E-state index in [0.29, 0.717) is 22.2 Å². The molecule has 0 spiro atoms. The highest BCUT2D eigenvalue weighted by Crippen LogP contribution is 2.36. The molecule has 0 aliphatic heterocycles. The molecular weight excluding hydrogens is 256 g/mol. The molecule has 3 N–H and O–H groups in total. The second kappa shape index (κ2) is 6.35. The van der Waals surface area contributed by atoms with Crippen molar-refractivity contribution in [2.45, 2.75) is 19.4 Å². The van der Waals surface area contributed by atoms with Crippen LogP contribution in [0.25, 0.3) is 0 Å². The number of amides is 1. The van der Waals surface area contributed by atoms with Crippen molar-refractivity contribution in [2.24, 2.45) is 5.73 Å². The lowest BCUT2D eigenvalue weighted by Crippen LogP contribution is -2.24. The summed E-state index contributed by atoms with van der Waals surface area (Å²) < 4.78 is 10.3. The van der Waals surface area contributed by atoms with Crippen molar-refractivity contribution < 1.29 is 14.3 Å². The molecule has 1 aromatic carbocycles. The molecule has 18 heavy (non-hydrogen) atoms. The molecule has 1 rings (SSSR count). The molecule has 1 aromatic rings. The van der Waals surface area contributed by atoms with Crippen molar-refractivity contribution >= 4 is 23.2 Å². The Bertz CT molecular complexity index is 438. The Hall–Kier alpha value is -1.62. The van der Waals surface area contributed by atoms with Gasteiger partial charge in [-0.05, 0) is 6.92 Å². The van der Waals surface area contributed by atoms with Gasteiger partial charge in [0, 0.05) is 24.6 Å². The van der Waals surface area contributed by atoms with Gasteiger partial charge in [0.1, 0.15) is 11.5 Å². The van der Waals surface area contributed by atoms with Gasteiger partial charge in [-0.15, -0.1) is 0 Å². The molecule has 0 bridgehead atoms. The van der Waals surface area contributed by atoms with Crippen LogP contribution in [0.3, 0.4) is 0 Å². The Morgan fingerprint density at radius 3 is 2.50 bits per heavy atom. The predicted molar refractivity (Wildman–Crippen MR) is 71.5 cm³/mol. The molecule has 100 valence electrons. The van der Waals surface area contributed by atoms with Gasteiger partial charge in [-0.3, -0.25) is 4.79 Å². The maximum absolute atomic E-state index is 10.8. The van der Waals surface area contributed by atoms with Crippen molar-refractivity contribution in [1.82, 2.24) is 0 Å². The van der Waals surface area contributed by atoms with Crippen LogP contribution in [0.4, 0.5) is 5.69 Å². The van der Waals surface area contributed by atoms with Crippen LogP contribution < -0.4 is 20.5 Å². The summed E-state index contributed by atoms with van der Waals surface area (Å²) in [5.74, 6) is 0.748. The highest BCUT2D eigenvalue weighted by molar-refractivity contribution is 6.32. The van der Waals surface area contributed by atoms with Crippen LogP contribution in [0, 0.1) is 0 Å². The fraction of sp³-hybridized carbons (Fsp3) is 0.417. The Labute approximate surface area is 111 Å². The number of nitrogens with one attached hydrogen (secondary N) is 1.